The van der Waals surface area contributed by atoms with Gasteiger partial charge in [0.2, 0.25) is 0 Å². The van der Waals surface area contributed by atoms with Crippen molar-refractivity contribution in [3.8, 4) is 0 Å². The molecule has 2 aromatic rings. The van der Waals surface area contributed by atoms with Gasteiger partial charge in [0, 0.05) is 6.54 Å². The van der Waals surface area contributed by atoms with Crippen LogP contribution in [0.25, 0.3) is 11.0 Å². The zero-order valence-electron chi connectivity index (χ0n) is 9.59. The normalized spacial score (nSPS) is 11.2. The average molecular weight is 240 g/mol. The molecule has 92 valence electrons. The van der Waals surface area contributed by atoms with Crippen LogP contribution in [0.15, 0.2) is 16.9 Å². The molecule has 0 spiro atoms. The zero-order chi connectivity index (χ0) is 12.4. The lowest BCUT2D eigenvalue weighted by atomic mass is 10.2. The topological polar surface area (TPSA) is 37.8 Å². The van der Waals surface area contributed by atoms with Gasteiger partial charge in [0.1, 0.15) is 5.52 Å². The van der Waals surface area contributed by atoms with Crippen molar-refractivity contribution >= 4 is 11.0 Å². The van der Waals surface area contributed by atoms with Gasteiger partial charge in [-0.25, -0.2) is 13.6 Å². The summed E-state index contributed by atoms with van der Waals surface area (Å²) in [6.45, 7) is 2.45. The molecule has 0 saturated carbocycles. The van der Waals surface area contributed by atoms with E-state index in [4.69, 9.17) is 0 Å². The second kappa shape index (κ2) is 4.69. The summed E-state index contributed by atoms with van der Waals surface area (Å²) >= 11 is 0. The van der Waals surface area contributed by atoms with Crippen molar-refractivity contribution in [2.45, 2.75) is 32.7 Å². The molecule has 0 unspecified atom stereocenters. The number of rotatable bonds is 4. The molecule has 0 saturated heterocycles. The standard InChI is InChI=1S/C12H14F2N2O/c1-2-3-4-7-16-11-9(15-12(16)17)6-5-8(13)10(11)14/h5-6H,2-4,7H2,1H3,(H,15,17). The van der Waals surface area contributed by atoms with E-state index in [0.29, 0.717) is 12.1 Å². The van der Waals surface area contributed by atoms with Gasteiger partial charge in [-0.2, -0.15) is 0 Å². The highest BCUT2D eigenvalue weighted by Crippen LogP contribution is 2.18. The molecule has 0 bridgehead atoms. The highest BCUT2D eigenvalue weighted by molar-refractivity contribution is 5.75. The van der Waals surface area contributed by atoms with Crippen molar-refractivity contribution in [2.75, 3.05) is 0 Å². The Bertz CT molecular complexity index is 586. The minimum atomic E-state index is -0.961. The lowest BCUT2D eigenvalue weighted by Crippen LogP contribution is -2.17. The van der Waals surface area contributed by atoms with Crippen LogP contribution in [0.5, 0.6) is 0 Å². The summed E-state index contributed by atoms with van der Waals surface area (Å²) in [6, 6.07) is 2.40. The Morgan fingerprint density at radius 3 is 2.76 bits per heavy atom. The molecule has 3 nitrogen and oxygen atoms in total. The van der Waals surface area contributed by atoms with Gasteiger partial charge >= 0.3 is 5.69 Å². The number of fused-ring (bicyclic) bond motifs is 1. The minimum absolute atomic E-state index is 0.0334. The van der Waals surface area contributed by atoms with Crippen LogP contribution in [-0.4, -0.2) is 9.55 Å². The van der Waals surface area contributed by atoms with Crippen LogP contribution in [0.4, 0.5) is 8.78 Å². The number of unbranched alkanes of at least 4 members (excludes halogenated alkanes) is 2. The molecule has 2 rings (SSSR count). The van der Waals surface area contributed by atoms with E-state index >= 15 is 0 Å². The van der Waals surface area contributed by atoms with Crippen molar-refractivity contribution in [3.05, 3.63) is 34.3 Å². The number of benzene rings is 1. The molecule has 0 aliphatic carbocycles. The molecule has 0 aliphatic heterocycles. The van der Waals surface area contributed by atoms with Gasteiger partial charge in [0.15, 0.2) is 11.6 Å². The highest BCUT2D eigenvalue weighted by atomic mass is 19.2. The van der Waals surface area contributed by atoms with E-state index in [1.54, 1.807) is 0 Å². The summed E-state index contributed by atoms with van der Waals surface area (Å²) in [5.41, 5.74) is -0.0166. The molecule has 0 radical (unpaired) electrons. The van der Waals surface area contributed by atoms with Crippen molar-refractivity contribution in [1.29, 1.82) is 0 Å². The third kappa shape index (κ3) is 2.09. The number of H-pyrrole nitrogens is 1. The number of aryl methyl sites for hydroxylation is 1. The molecular formula is C12H14F2N2O. The van der Waals surface area contributed by atoms with Crippen LogP contribution >= 0.6 is 0 Å². The number of hydrogen-bond acceptors (Lipinski definition) is 1. The summed E-state index contributed by atoms with van der Waals surface area (Å²) in [5, 5.41) is 0. The SMILES string of the molecule is CCCCCn1c(=O)[nH]c2ccc(F)c(F)c21. The number of imidazole rings is 1. The number of nitrogens with one attached hydrogen (secondary N) is 1. The first-order valence-electron chi connectivity index (χ1n) is 5.71. The summed E-state index contributed by atoms with van der Waals surface area (Å²) in [6.07, 6.45) is 2.74. The minimum Gasteiger partial charge on any atom is -0.305 e. The van der Waals surface area contributed by atoms with E-state index in [2.05, 4.69) is 4.98 Å². The van der Waals surface area contributed by atoms with Gasteiger partial charge in [-0.3, -0.25) is 4.57 Å². The average Bonchev–Trinajstić information content (AvgIpc) is 2.62. The number of aromatic nitrogens is 2. The van der Waals surface area contributed by atoms with E-state index in [1.807, 2.05) is 6.92 Å². The van der Waals surface area contributed by atoms with Crippen LogP contribution in [0.3, 0.4) is 0 Å². The first-order valence-corrected chi connectivity index (χ1v) is 5.71. The molecular weight excluding hydrogens is 226 g/mol. The second-order valence-electron chi connectivity index (χ2n) is 4.05. The molecule has 5 heteroatoms. The summed E-state index contributed by atoms with van der Waals surface area (Å²) in [5.74, 6) is -1.89. The number of nitrogens with zero attached hydrogens (tertiary/aromatic N) is 1. The fourth-order valence-electron chi connectivity index (χ4n) is 1.92. The molecule has 0 aliphatic rings. The maximum atomic E-state index is 13.6. The molecule has 1 heterocycles. The fraction of sp³-hybridized carbons (Fsp3) is 0.417. The van der Waals surface area contributed by atoms with E-state index in [9.17, 15) is 13.6 Å². The Morgan fingerprint density at radius 1 is 1.29 bits per heavy atom. The van der Waals surface area contributed by atoms with Gasteiger partial charge in [-0.05, 0) is 18.6 Å². The second-order valence-corrected chi connectivity index (χ2v) is 4.05. The monoisotopic (exact) mass is 240 g/mol. The van der Waals surface area contributed by atoms with Crippen LogP contribution in [-0.2, 0) is 6.54 Å². The van der Waals surface area contributed by atoms with Crippen LogP contribution in [0.1, 0.15) is 26.2 Å². The smallest absolute Gasteiger partial charge is 0.305 e. The van der Waals surface area contributed by atoms with Crippen molar-refractivity contribution in [2.24, 2.45) is 0 Å². The Hall–Kier alpha value is -1.65. The summed E-state index contributed by atoms with van der Waals surface area (Å²) in [4.78, 5) is 14.1. The third-order valence-electron chi connectivity index (χ3n) is 2.81. The number of hydrogen-bond donors (Lipinski definition) is 1. The van der Waals surface area contributed by atoms with Gasteiger partial charge in [0.05, 0.1) is 5.52 Å². The Balaban J connectivity index is 2.49. The lowest BCUT2D eigenvalue weighted by Gasteiger charge is -2.03. The molecule has 0 amide bonds. The predicted molar refractivity (Wildman–Crippen MR) is 62.0 cm³/mol. The first kappa shape index (κ1) is 11.8. The summed E-state index contributed by atoms with van der Waals surface area (Å²) in [7, 11) is 0. The van der Waals surface area contributed by atoms with E-state index in [0.717, 1.165) is 25.3 Å². The molecule has 1 N–H and O–H groups in total. The molecule has 17 heavy (non-hydrogen) atoms. The van der Waals surface area contributed by atoms with Gasteiger partial charge < -0.3 is 4.98 Å². The Kier molecular flexibility index (Phi) is 3.26. The molecule has 1 aromatic carbocycles. The van der Waals surface area contributed by atoms with Crippen molar-refractivity contribution in [3.63, 3.8) is 0 Å². The quantitative estimate of drug-likeness (QED) is 0.820. The van der Waals surface area contributed by atoms with E-state index < -0.39 is 11.6 Å². The number of aromatic amines is 1. The number of halogens is 2. The maximum absolute atomic E-state index is 13.6. The Labute approximate surface area is 97.1 Å². The van der Waals surface area contributed by atoms with Gasteiger partial charge in [0.25, 0.3) is 0 Å². The van der Waals surface area contributed by atoms with Crippen LogP contribution in [0.2, 0.25) is 0 Å². The maximum Gasteiger partial charge on any atom is 0.326 e. The lowest BCUT2D eigenvalue weighted by molar-refractivity contribution is 0.507. The highest BCUT2D eigenvalue weighted by Gasteiger charge is 2.14. The van der Waals surface area contributed by atoms with Gasteiger partial charge in [-0.1, -0.05) is 19.8 Å². The zero-order valence-corrected chi connectivity index (χ0v) is 9.59. The van der Waals surface area contributed by atoms with Crippen LogP contribution < -0.4 is 5.69 Å². The first-order chi connectivity index (χ1) is 8.15. The summed E-state index contributed by atoms with van der Waals surface area (Å²) < 4.78 is 28.0. The van der Waals surface area contributed by atoms with Crippen LogP contribution in [0, 0.1) is 11.6 Å². The van der Waals surface area contributed by atoms with Crippen molar-refractivity contribution in [1.82, 2.24) is 9.55 Å². The largest absolute Gasteiger partial charge is 0.326 e. The fourth-order valence-corrected chi connectivity index (χ4v) is 1.92. The third-order valence-corrected chi connectivity index (χ3v) is 2.81. The molecule has 0 atom stereocenters. The molecule has 0 fully saturated rings. The van der Waals surface area contributed by atoms with E-state index in [1.165, 1.54) is 10.6 Å². The predicted octanol–water partition coefficient (Wildman–Crippen LogP) is 2.80. The Morgan fingerprint density at radius 2 is 2.06 bits per heavy atom. The van der Waals surface area contributed by atoms with E-state index in [-0.39, 0.29) is 11.2 Å². The van der Waals surface area contributed by atoms with Gasteiger partial charge in [-0.15, -0.1) is 0 Å². The van der Waals surface area contributed by atoms with Crippen molar-refractivity contribution < 1.29 is 8.78 Å². The molecule has 1 aromatic heterocycles.